The average molecular weight is 244 g/mol. The van der Waals surface area contributed by atoms with Crippen LogP contribution < -0.4 is 10.9 Å². The van der Waals surface area contributed by atoms with Gasteiger partial charge in [-0.25, -0.2) is 15.0 Å². The normalized spacial score (nSPS) is 11.7. The smallest absolute Gasteiger partial charge is 0.426 e. The zero-order chi connectivity index (χ0) is 13.5. The Hall–Kier alpha value is -1.72. The number of carbonyl (C=O) groups is 2. The molecule has 98 valence electrons. The van der Waals surface area contributed by atoms with Crippen molar-refractivity contribution in [1.82, 2.24) is 10.9 Å². The molecule has 0 fully saturated rings. The second-order valence-electron chi connectivity index (χ2n) is 4.33. The lowest BCUT2D eigenvalue weighted by Crippen LogP contribution is -2.40. The molecule has 0 radical (unpaired) electrons. The molecule has 0 spiro atoms. The third-order valence-corrected chi connectivity index (χ3v) is 1.38. The first-order chi connectivity index (χ1) is 7.74. The van der Waals surface area contributed by atoms with Gasteiger partial charge in [0.15, 0.2) is 0 Å². The summed E-state index contributed by atoms with van der Waals surface area (Å²) in [6, 6.07) is 0. The van der Waals surface area contributed by atoms with Crippen LogP contribution in [-0.4, -0.2) is 24.3 Å². The molecule has 2 N–H and O–H groups in total. The maximum atomic E-state index is 11.2. The maximum Gasteiger partial charge on any atom is 0.426 e. The van der Waals surface area contributed by atoms with Crippen LogP contribution in [0.4, 0.5) is 4.79 Å². The second-order valence-corrected chi connectivity index (χ2v) is 4.33. The Labute approximate surface area is 101 Å². The molecule has 0 atom stereocenters. The molecule has 0 aliphatic rings. The number of hydrogen-bond donors (Lipinski definition) is 2. The van der Waals surface area contributed by atoms with Crippen LogP contribution in [0.3, 0.4) is 0 Å². The van der Waals surface area contributed by atoms with E-state index in [0.29, 0.717) is 12.3 Å². The molecule has 0 saturated carbocycles. The highest BCUT2D eigenvalue weighted by atomic mass is 16.6. The summed E-state index contributed by atoms with van der Waals surface area (Å²) < 4.78 is 9.69. The molecule has 0 aromatic heterocycles. The molecular weight excluding hydrogens is 224 g/mol. The van der Waals surface area contributed by atoms with Gasteiger partial charge < -0.3 is 14.9 Å². The van der Waals surface area contributed by atoms with Crippen molar-refractivity contribution in [1.29, 1.82) is 0 Å². The van der Waals surface area contributed by atoms with Crippen LogP contribution in [0.15, 0.2) is 11.8 Å². The maximum absolute atomic E-state index is 11.2. The van der Waals surface area contributed by atoms with Gasteiger partial charge in [0.05, 0.1) is 6.61 Å². The van der Waals surface area contributed by atoms with Gasteiger partial charge >= 0.3 is 12.1 Å². The number of nitrogens with one attached hydrogen (secondary N) is 2. The van der Waals surface area contributed by atoms with Crippen LogP contribution in [0.5, 0.6) is 0 Å². The van der Waals surface area contributed by atoms with Gasteiger partial charge in [-0.05, 0) is 34.6 Å². The van der Waals surface area contributed by atoms with Gasteiger partial charge in [0.25, 0.3) is 0 Å². The van der Waals surface area contributed by atoms with Crippen molar-refractivity contribution in [3.63, 3.8) is 0 Å². The van der Waals surface area contributed by atoms with Gasteiger partial charge in [-0.15, -0.1) is 0 Å². The highest BCUT2D eigenvalue weighted by molar-refractivity contribution is 5.82. The Morgan fingerprint density at radius 3 is 2.29 bits per heavy atom. The molecule has 0 aliphatic carbocycles. The van der Waals surface area contributed by atoms with Gasteiger partial charge in [0, 0.05) is 11.8 Å². The van der Waals surface area contributed by atoms with E-state index in [9.17, 15) is 9.59 Å². The Balaban J connectivity index is 4.03. The summed E-state index contributed by atoms with van der Waals surface area (Å²) >= 11 is 0. The fraction of sp³-hybridized carbons (Fsp3) is 0.636. The minimum absolute atomic E-state index is 0.308. The number of esters is 1. The summed E-state index contributed by atoms with van der Waals surface area (Å²) in [6.07, 6.45) is 0.620. The van der Waals surface area contributed by atoms with Gasteiger partial charge in [-0.2, -0.15) is 0 Å². The number of amides is 1. The van der Waals surface area contributed by atoms with Crippen molar-refractivity contribution < 1.29 is 19.1 Å². The van der Waals surface area contributed by atoms with Crippen LogP contribution in [0.25, 0.3) is 0 Å². The zero-order valence-corrected chi connectivity index (χ0v) is 10.9. The van der Waals surface area contributed by atoms with Crippen molar-refractivity contribution in [2.45, 2.75) is 40.2 Å². The third kappa shape index (κ3) is 9.22. The van der Waals surface area contributed by atoms with Crippen molar-refractivity contribution in [2.75, 3.05) is 6.61 Å². The molecule has 0 rings (SSSR count). The Kier molecular flexibility index (Phi) is 6.09. The predicted molar refractivity (Wildman–Crippen MR) is 62.9 cm³/mol. The number of carbonyl (C=O) groups excluding carboxylic acids is 2. The summed E-state index contributed by atoms with van der Waals surface area (Å²) in [5.74, 6) is -0.469. The number of allylic oxidation sites excluding steroid dienone is 1. The van der Waals surface area contributed by atoms with Crippen LogP contribution >= 0.6 is 0 Å². The minimum Gasteiger partial charge on any atom is -0.463 e. The van der Waals surface area contributed by atoms with Crippen LogP contribution in [0, 0.1) is 0 Å². The summed E-state index contributed by atoms with van der Waals surface area (Å²) in [7, 11) is 0. The van der Waals surface area contributed by atoms with E-state index in [1.807, 2.05) is 0 Å². The SMILES string of the molecule is CCOC(=O)/C=C(\C)NNC(=O)OC(C)(C)C. The first-order valence-electron chi connectivity index (χ1n) is 5.34. The summed E-state index contributed by atoms with van der Waals surface area (Å²) in [5, 5.41) is 0. The third-order valence-electron chi connectivity index (χ3n) is 1.38. The lowest BCUT2D eigenvalue weighted by molar-refractivity contribution is -0.137. The molecular formula is C11H20N2O4. The second kappa shape index (κ2) is 6.78. The van der Waals surface area contributed by atoms with E-state index in [-0.39, 0.29) is 0 Å². The average Bonchev–Trinajstić information content (AvgIpc) is 2.12. The number of hydrogen-bond acceptors (Lipinski definition) is 5. The van der Waals surface area contributed by atoms with E-state index in [4.69, 9.17) is 9.47 Å². The van der Waals surface area contributed by atoms with Gasteiger partial charge in [0.1, 0.15) is 5.60 Å². The quantitative estimate of drug-likeness (QED) is 0.445. The van der Waals surface area contributed by atoms with Crippen LogP contribution in [-0.2, 0) is 14.3 Å². The molecule has 0 aromatic carbocycles. The molecule has 17 heavy (non-hydrogen) atoms. The summed E-state index contributed by atoms with van der Waals surface area (Å²) in [6.45, 7) is 8.92. The predicted octanol–water partition coefficient (Wildman–Crippen LogP) is 1.48. The Morgan fingerprint density at radius 1 is 1.24 bits per heavy atom. The van der Waals surface area contributed by atoms with Crippen molar-refractivity contribution in [3.8, 4) is 0 Å². The van der Waals surface area contributed by atoms with Crippen LogP contribution in [0.2, 0.25) is 0 Å². The molecule has 0 aliphatic heterocycles. The van der Waals surface area contributed by atoms with Gasteiger partial charge in [-0.1, -0.05) is 0 Å². The lowest BCUT2D eigenvalue weighted by atomic mass is 10.2. The molecule has 0 unspecified atom stereocenters. The summed E-state index contributed by atoms with van der Waals surface area (Å²) in [5.41, 5.74) is 4.72. The monoisotopic (exact) mass is 244 g/mol. The van der Waals surface area contributed by atoms with Crippen molar-refractivity contribution >= 4 is 12.1 Å². The van der Waals surface area contributed by atoms with Crippen molar-refractivity contribution in [2.24, 2.45) is 0 Å². The molecule has 0 aromatic rings. The number of rotatable bonds is 4. The number of ether oxygens (including phenoxy) is 2. The first kappa shape index (κ1) is 15.3. The summed E-state index contributed by atoms with van der Waals surface area (Å²) in [4.78, 5) is 22.3. The first-order valence-corrected chi connectivity index (χ1v) is 5.34. The van der Waals surface area contributed by atoms with E-state index in [1.54, 1.807) is 34.6 Å². The molecule has 6 heteroatoms. The zero-order valence-electron chi connectivity index (χ0n) is 10.9. The molecule has 0 bridgehead atoms. The molecule has 6 nitrogen and oxygen atoms in total. The largest absolute Gasteiger partial charge is 0.463 e. The van der Waals surface area contributed by atoms with E-state index in [2.05, 4.69) is 10.9 Å². The minimum atomic E-state index is -0.617. The van der Waals surface area contributed by atoms with Gasteiger partial charge in [0.2, 0.25) is 0 Å². The topological polar surface area (TPSA) is 76.7 Å². The van der Waals surface area contributed by atoms with Crippen LogP contribution in [0.1, 0.15) is 34.6 Å². The Bertz CT molecular complexity index is 305. The van der Waals surface area contributed by atoms with E-state index >= 15 is 0 Å². The molecule has 1 amide bonds. The van der Waals surface area contributed by atoms with E-state index in [0.717, 1.165) is 0 Å². The lowest BCUT2D eigenvalue weighted by Gasteiger charge is -2.20. The van der Waals surface area contributed by atoms with Crippen molar-refractivity contribution in [3.05, 3.63) is 11.8 Å². The molecule has 0 saturated heterocycles. The Morgan fingerprint density at radius 2 is 1.82 bits per heavy atom. The molecule has 0 heterocycles. The van der Waals surface area contributed by atoms with E-state index < -0.39 is 17.7 Å². The fourth-order valence-electron chi connectivity index (χ4n) is 0.850. The van der Waals surface area contributed by atoms with Gasteiger partial charge in [-0.3, -0.25) is 0 Å². The fourth-order valence-corrected chi connectivity index (χ4v) is 0.850. The highest BCUT2D eigenvalue weighted by Crippen LogP contribution is 2.05. The number of hydrazine groups is 1. The standard InChI is InChI=1S/C11H20N2O4/c1-6-16-9(14)7-8(2)12-13-10(15)17-11(3,4)5/h7,12H,6H2,1-5H3,(H,13,15)/b8-7+. The van der Waals surface area contributed by atoms with E-state index in [1.165, 1.54) is 6.08 Å². The highest BCUT2D eigenvalue weighted by Gasteiger charge is 2.15.